The van der Waals surface area contributed by atoms with E-state index in [2.05, 4.69) is 43.2 Å². The third-order valence-corrected chi connectivity index (χ3v) is 6.19. The summed E-state index contributed by atoms with van der Waals surface area (Å²) in [5.74, 6) is 0.276. The van der Waals surface area contributed by atoms with Gasteiger partial charge in [-0.25, -0.2) is 0 Å². The summed E-state index contributed by atoms with van der Waals surface area (Å²) in [5.41, 5.74) is 3.37. The van der Waals surface area contributed by atoms with E-state index in [1.807, 2.05) is 37.3 Å². The molecule has 0 spiro atoms. The highest BCUT2D eigenvalue weighted by Gasteiger charge is 2.33. The summed E-state index contributed by atoms with van der Waals surface area (Å²) in [6, 6.07) is 16.1. The average Bonchev–Trinajstić information content (AvgIpc) is 2.66. The van der Waals surface area contributed by atoms with Crippen LogP contribution < -0.4 is 5.32 Å². The van der Waals surface area contributed by atoms with E-state index in [1.165, 1.54) is 16.7 Å². The summed E-state index contributed by atoms with van der Waals surface area (Å²) < 4.78 is 0. The molecule has 144 valence electrons. The lowest BCUT2D eigenvalue weighted by atomic mass is 9.74. The van der Waals surface area contributed by atoms with Crippen molar-refractivity contribution >= 4 is 5.91 Å². The molecular formula is C23H30N2O2. The largest absolute Gasteiger partial charge is 0.508 e. The number of nitrogens with zero attached hydrogens (tertiary/aromatic N) is 1. The molecule has 2 N–H and O–H groups in total. The third-order valence-electron chi connectivity index (χ3n) is 6.19. The van der Waals surface area contributed by atoms with Gasteiger partial charge in [-0.3, -0.25) is 9.69 Å². The van der Waals surface area contributed by atoms with Crippen molar-refractivity contribution < 1.29 is 9.90 Å². The van der Waals surface area contributed by atoms with Crippen molar-refractivity contribution in [1.29, 1.82) is 0 Å². The predicted molar refractivity (Wildman–Crippen MR) is 109 cm³/mol. The topological polar surface area (TPSA) is 52.6 Å². The second kappa shape index (κ2) is 7.73. The Balaban J connectivity index is 1.62. The maximum absolute atomic E-state index is 12.8. The van der Waals surface area contributed by atoms with Crippen LogP contribution in [0.4, 0.5) is 0 Å². The van der Waals surface area contributed by atoms with Gasteiger partial charge in [-0.1, -0.05) is 57.2 Å². The lowest BCUT2D eigenvalue weighted by Gasteiger charge is -2.36. The molecule has 27 heavy (non-hydrogen) atoms. The molecule has 2 aromatic carbocycles. The first kappa shape index (κ1) is 19.4. The zero-order chi connectivity index (χ0) is 19.6. The number of rotatable bonds is 5. The molecule has 4 heteroatoms. The Morgan fingerprint density at radius 3 is 2.63 bits per heavy atom. The quantitative estimate of drug-likeness (QED) is 0.852. The summed E-state index contributed by atoms with van der Waals surface area (Å²) in [6.45, 7) is 7.68. The van der Waals surface area contributed by atoms with Crippen molar-refractivity contribution in [2.45, 2.75) is 45.2 Å². The van der Waals surface area contributed by atoms with E-state index in [1.54, 1.807) is 6.07 Å². The number of nitrogens with one attached hydrogen (secondary N) is 1. The molecule has 3 rings (SSSR count). The normalized spacial score (nSPS) is 18.6. The Bertz CT molecular complexity index is 801. The van der Waals surface area contributed by atoms with Crippen LogP contribution in [0.5, 0.6) is 5.75 Å². The summed E-state index contributed by atoms with van der Waals surface area (Å²) in [5, 5.41) is 12.8. The van der Waals surface area contributed by atoms with Gasteiger partial charge in [0, 0.05) is 30.5 Å². The maximum Gasteiger partial charge on any atom is 0.223 e. The van der Waals surface area contributed by atoms with E-state index in [0.717, 1.165) is 13.0 Å². The second-order valence-corrected chi connectivity index (χ2v) is 8.28. The predicted octanol–water partition coefficient (Wildman–Crippen LogP) is 3.48. The molecule has 0 aliphatic carbocycles. The summed E-state index contributed by atoms with van der Waals surface area (Å²) in [6.07, 6.45) is 0.878. The summed E-state index contributed by atoms with van der Waals surface area (Å²) in [7, 11) is 2.07. The number of phenolic OH excluding ortho intramolecular Hbond substituents is 1. The van der Waals surface area contributed by atoms with Crippen molar-refractivity contribution in [2.24, 2.45) is 5.92 Å². The molecule has 2 aromatic rings. The Morgan fingerprint density at radius 1 is 1.22 bits per heavy atom. The van der Waals surface area contributed by atoms with Crippen LogP contribution in [0.15, 0.2) is 48.5 Å². The van der Waals surface area contributed by atoms with Crippen LogP contribution in [0.25, 0.3) is 0 Å². The van der Waals surface area contributed by atoms with Crippen LogP contribution in [0.2, 0.25) is 0 Å². The number of amides is 1. The zero-order valence-electron chi connectivity index (χ0n) is 16.7. The van der Waals surface area contributed by atoms with Gasteiger partial charge in [0.15, 0.2) is 0 Å². The third kappa shape index (κ3) is 4.16. The molecule has 0 aromatic heterocycles. The molecule has 4 nitrogen and oxygen atoms in total. The molecule has 0 bridgehead atoms. The first-order valence-electron chi connectivity index (χ1n) is 9.63. The minimum absolute atomic E-state index is 0.0914. The first-order valence-corrected chi connectivity index (χ1v) is 9.63. The van der Waals surface area contributed by atoms with Gasteiger partial charge in [0.25, 0.3) is 0 Å². The van der Waals surface area contributed by atoms with E-state index < -0.39 is 0 Å². The standard InChI is InChI=1S/C23H30N2O2/c1-16(23(2,3)19-8-6-5-7-9-19)22(27)24-14-20-12-17-10-11-21(26)13-18(17)15-25(20)4/h5-11,13,16,20,26H,12,14-15H2,1-4H3,(H,24,27)/t16-,20+/m1/s1. The van der Waals surface area contributed by atoms with E-state index >= 15 is 0 Å². The number of hydrogen-bond acceptors (Lipinski definition) is 3. The van der Waals surface area contributed by atoms with Gasteiger partial charge in [-0.15, -0.1) is 0 Å². The monoisotopic (exact) mass is 366 g/mol. The zero-order valence-corrected chi connectivity index (χ0v) is 16.7. The number of fused-ring (bicyclic) bond motifs is 1. The molecular weight excluding hydrogens is 336 g/mol. The van der Waals surface area contributed by atoms with Crippen LogP contribution in [0.3, 0.4) is 0 Å². The van der Waals surface area contributed by atoms with Crippen LogP contribution >= 0.6 is 0 Å². The highest BCUT2D eigenvalue weighted by molar-refractivity contribution is 5.80. The lowest BCUT2D eigenvalue weighted by molar-refractivity contribution is -0.126. The van der Waals surface area contributed by atoms with Gasteiger partial charge in [-0.05, 0) is 42.3 Å². The van der Waals surface area contributed by atoms with Gasteiger partial charge in [-0.2, -0.15) is 0 Å². The SMILES string of the molecule is C[C@H](C(=O)NC[C@@H]1Cc2ccc(O)cc2CN1C)C(C)(C)c1ccccc1. The Morgan fingerprint density at radius 2 is 1.93 bits per heavy atom. The van der Waals surface area contributed by atoms with E-state index in [-0.39, 0.29) is 23.3 Å². The number of likely N-dealkylation sites (N-methyl/N-ethyl adjacent to an activating group) is 1. The van der Waals surface area contributed by atoms with Crippen molar-refractivity contribution in [3.63, 3.8) is 0 Å². The first-order chi connectivity index (χ1) is 12.8. The van der Waals surface area contributed by atoms with Gasteiger partial charge in [0.2, 0.25) is 5.91 Å². The highest BCUT2D eigenvalue weighted by atomic mass is 16.3. The van der Waals surface area contributed by atoms with E-state index in [9.17, 15) is 9.90 Å². The molecule has 0 fully saturated rings. The molecule has 0 saturated heterocycles. The Hall–Kier alpha value is -2.33. The van der Waals surface area contributed by atoms with Gasteiger partial charge in [0.1, 0.15) is 5.75 Å². The lowest BCUT2D eigenvalue weighted by Crippen LogP contribution is -2.48. The van der Waals surface area contributed by atoms with E-state index in [4.69, 9.17) is 0 Å². The molecule has 1 aliphatic rings. The van der Waals surface area contributed by atoms with Crippen LogP contribution in [0.1, 0.15) is 37.5 Å². The van der Waals surface area contributed by atoms with Crippen molar-refractivity contribution in [2.75, 3.05) is 13.6 Å². The second-order valence-electron chi connectivity index (χ2n) is 8.28. The molecule has 1 aliphatic heterocycles. The van der Waals surface area contributed by atoms with Crippen molar-refractivity contribution in [1.82, 2.24) is 10.2 Å². The fraction of sp³-hybridized carbons (Fsp3) is 0.435. The number of hydrogen-bond donors (Lipinski definition) is 2. The molecule has 1 heterocycles. The van der Waals surface area contributed by atoms with Crippen LogP contribution in [-0.2, 0) is 23.2 Å². The summed E-state index contributed by atoms with van der Waals surface area (Å²) in [4.78, 5) is 15.1. The summed E-state index contributed by atoms with van der Waals surface area (Å²) >= 11 is 0. The number of carbonyl (C=O) groups is 1. The van der Waals surface area contributed by atoms with E-state index in [0.29, 0.717) is 12.3 Å². The number of phenols is 1. The average molecular weight is 367 g/mol. The number of carbonyl (C=O) groups excluding carboxylic acids is 1. The fourth-order valence-corrected chi connectivity index (χ4v) is 3.81. The molecule has 0 unspecified atom stereocenters. The van der Waals surface area contributed by atoms with Crippen LogP contribution in [-0.4, -0.2) is 35.5 Å². The van der Waals surface area contributed by atoms with Crippen molar-refractivity contribution in [3.8, 4) is 5.75 Å². The molecule has 0 saturated carbocycles. The molecule has 2 atom stereocenters. The Kier molecular flexibility index (Phi) is 5.56. The molecule has 1 amide bonds. The minimum Gasteiger partial charge on any atom is -0.508 e. The number of benzene rings is 2. The van der Waals surface area contributed by atoms with Crippen LogP contribution in [0, 0.1) is 5.92 Å². The van der Waals surface area contributed by atoms with Gasteiger partial charge >= 0.3 is 0 Å². The fourth-order valence-electron chi connectivity index (χ4n) is 3.81. The minimum atomic E-state index is -0.228. The van der Waals surface area contributed by atoms with Gasteiger partial charge in [0.05, 0.1) is 0 Å². The highest BCUT2D eigenvalue weighted by Crippen LogP contribution is 2.32. The Labute approximate surface area is 162 Å². The smallest absolute Gasteiger partial charge is 0.223 e. The molecule has 0 radical (unpaired) electrons. The number of aromatic hydroxyl groups is 1. The van der Waals surface area contributed by atoms with Gasteiger partial charge < -0.3 is 10.4 Å². The maximum atomic E-state index is 12.8. The van der Waals surface area contributed by atoms with Crippen molar-refractivity contribution in [3.05, 3.63) is 65.2 Å².